The molecule has 5 nitrogen and oxygen atoms in total. The summed E-state index contributed by atoms with van der Waals surface area (Å²) in [7, 11) is 0. The number of hydrogen-bond donors (Lipinski definition) is 2. The van der Waals surface area contributed by atoms with E-state index in [1.807, 2.05) is 61.5 Å². The Morgan fingerprint density at radius 3 is 2.50 bits per heavy atom. The van der Waals surface area contributed by atoms with Crippen molar-refractivity contribution < 1.29 is 0 Å². The minimum absolute atomic E-state index is 0.588. The molecule has 0 unspecified atom stereocenters. The molecule has 0 radical (unpaired) electrons. The SMILES string of the molecule is Cc1[nH]nc(Nc2ccccc2Cl)c1N=Nc1ccccc1. The van der Waals surface area contributed by atoms with Crippen LogP contribution in [-0.4, -0.2) is 10.2 Å². The molecule has 0 aliphatic heterocycles. The van der Waals surface area contributed by atoms with Crippen LogP contribution in [0.5, 0.6) is 0 Å². The van der Waals surface area contributed by atoms with Crippen LogP contribution in [0.3, 0.4) is 0 Å². The number of aryl methyl sites for hydroxylation is 1. The molecular weight excluding hydrogens is 298 g/mol. The lowest BCUT2D eigenvalue weighted by Gasteiger charge is -2.05. The number of nitrogens with zero attached hydrogens (tertiary/aromatic N) is 3. The van der Waals surface area contributed by atoms with Crippen LogP contribution in [0.25, 0.3) is 0 Å². The highest BCUT2D eigenvalue weighted by Gasteiger charge is 2.11. The van der Waals surface area contributed by atoms with Crippen molar-refractivity contribution in [1.82, 2.24) is 10.2 Å². The number of azo groups is 1. The zero-order chi connectivity index (χ0) is 15.4. The molecule has 1 aromatic heterocycles. The maximum atomic E-state index is 6.15. The van der Waals surface area contributed by atoms with E-state index in [1.54, 1.807) is 0 Å². The van der Waals surface area contributed by atoms with Crippen LogP contribution in [0.1, 0.15) is 5.69 Å². The first-order chi connectivity index (χ1) is 10.7. The summed E-state index contributed by atoms with van der Waals surface area (Å²) in [5.41, 5.74) is 3.04. The number of rotatable bonds is 4. The summed E-state index contributed by atoms with van der Waals surface area (Å²) in [5.74, 6) is 0.588. The van der Waals surface area contributed by atoms with Crippen LogP contribution in [0.2, 0.25) is 5.02 Å². The number of anilines is 2. The van der Waals surface area contributed by atoms with Gasteiger partial charge in [0.1, 0.15) is 0 Å². The molecule has 0 atom stereocenters. The molecule has 0 spiro atoms. The summed E-state index contributed by atoms with van der Waals surface area (Å²) in [6.07, 6.45) is 0. The van der Waals surface area contributed by atoms with E-state index in [4.69, 9.17) is 11.6 Å². The summed E-state index contributed by atoms with van der Waals surface area (Å²) < 4.78 is 0. The molecule has 22 heavy (non-hydrogen) atoms. The average Bonchev–Trinajstić information content (AvgIpc) is 2.89. The fraction of sp³-hybridized carbons (Fsp3) is 0.0625. The normalized spacial score (nSPS) is 11.0. The van der Waals surface area contributed by atoms with Gasteiger partial charge in [-0.15, -0.1) is 5.11 Å². The third-order valence-corrected chi connectivity index (χ3v) is 3.39. The van der Waals surface area contributed by atoms with Gasteiger partial charge in [0, 0.05) is 0 Å². The Bertz CT molecular complexity index is 795. The lowest BCUT2D eigenvalue weighted by Crippen LogP contribution is -1.91. The molecule has 0 saturated heterocycles. The van der Waals surface area contributed by atoms with Gasteiger partial charge in [-0.3, -0.25) is 5.10 Å². The van der Waals surface area contributed by atoms with Gasteiger partial charge in [-0.1, -0.05) is 41.9 Å². The van der Waals surface area contributed by atoms with Gasteiger partial charge in [0.2, 0.25) is 0 Å². The average molecular weight is 312 g/mol. The quantitative estimate of drug-likeness (QED) is 0.622. The summed E-state index contributed by atoms with van der Waals surface area (Å²) >= 11 is 6.15. The summed E-state index contributed by atoms with van der Waals surface area (Å²) in [5, 5.41) is 19.4. The van der Waals surface area contributed by atoms with Gasteiger partial charge in [-0.05, 0) is 31.2 Å². The molecule has 0 fully saturated rings. The van der Waals surface area contributed by atoms with Gasteiger partial charge in [0.15, 0.2) is 11.5 Å². The highest BCUT2D eigenvalue weighted by Crippen LogP contribution is 2.32. The second-order valence-electron chi connectivity index (χ2n) is 4.69. The third-order valence-electron chi connectivity index (χ3n) is 3.06. The number of halogens is 1. The van der Waals surface area contributed by atoms with Crippen molar-refractivity contribution >= 4 is 34.5 Å². The Morgan fingerprint density at radius 2 is 1.73 bits per heavy atom. The first-order valence-corrected chi connectivity index (χ1v) is 7.15. The molecule has 0 aliphatic carbocycles. The maximum absolute atomic E-state index is 6.15. The van der Waals surface area contributed by atoms with Crippen molar-refractivity contribution in [1.29, 1.82) is 0 Å². The van der Waals surface area contributed by atoms with Crippen LogP contribution in [0.4, 0.5) is 22.9 Å². The lowest BCUT2D eigenvalue weighted by atomic mass is 10.3. The van der Waals surface area contributed by atoms with Crippen molar-refractivity contribution in [3.05, 3.63) is 65.3 Å². The van der Waals surface area contributed by atoms with Crippen molar-refractivity contribution in [2.75, 3.05) is 5.32 Å². The second-order valence-corrected chi connectivity index (χ2v) is 5.09. The molecule has 0 amide bonds. The van der Waals surface area contributed by atoms with Crippen LogP contribution >= 0.6 is 11.6 Å². The second kappa shape index (κ2) is 6.41. The van der Waals surface area contributed by atoms with E-state index in [-0.39, 0.29) is 0 Å². The minimum Gasteiger partial charge on any atom is -0.336 e. The van der Waals surface area contributed by atoms with E-state index >= 15 is 0 Å². The lowest BCUT2D eigenvalue weighted by molar-refractivity contribution is 1.05. The Hall–Kier alpha value is -2.66. The maximum Gasteiger partial charge on any atom is 0.180 e. The van der Waals surface area contributed by atoms with E-state index in [0.29, 0.717) is 16.5 Å². The Balaban J connectivity index is 1.88. The number of benzene rings is 2. The van der Waals surface area contributed by atoms with Crippen LogP contribution < -0.4 is 5.32 Å². The molecule has 6 heteroatoms. The molecule has 1 heterocycles. The topological polar surface area (TPSA) is 65.4 Å². The van der Waals surface area contributed by atoms with Gasteiger partial charge in [-0.25, -0.2) is 0 Å². The Morgan fingerprint density at radius 1 is 1.00 bits per heavy atom. The highest BCUT2D eigenvalue weighted by atomic mass is 35.5. The van der Waals surface area contributed by atoms with Gasteiger partial charge >= 0.3 is 0 Å². The van der Waals surface area contributed by atoms with Crippen LogP contribution in [0, 0.1) is 6.92 Å². The molecule has 2 aromatic carbocycles. The molecule has 2 N–H and O–H groups in total. The number of hydrogen-bond acceptors (Lipinski definition) is 4. The van der Waals surface area contributed by atoms with Crippen molar-refractivity contribution in [3.63, 3.8) is 0 Å². The zero-order valence-corrected chi connectivity index (χ0v) is 12.7. The van der Waals surface area contributed by atoms with E-state index in [0.717, 1.165) is 17.1 Å². The molecule has 0 saturated carbocycles. The molecule has 3 rings (SSSR count). The molecule has 0 aliphatic rings. The number of aromatic nitrogens is 2. The minimum atomic E-state index is 0.588. The van der Waals surface area contributed by atoms with Gasteiger partial charge < -0.3 is 5.32 Å². The van der Waals surface area contributed by atoms with E-state index < -0.39 is 0 Å². The Labute approximate surface area is 133 Å². The van der Waals surface area contributed by atoms with Crippen LogP contribution in [-0.2, 0) is 0 Å². The highest BCUT2D eigenvalue weighted by molar-refractivity contribution is 6.33. The van der Waals surface area contributed by atoms with Gasteiger partial charge in [0.05, 0.1) is 22.1 Å². The number of nitrogens with one attached hydrogen (secondary N) is 2. The fourth-order valence-corrected chi connectivity index (χ4v) is 2.11. The first kappa shape index (κ1) is 14.3. The third kappa shape index (κ3) is 3.15. The summed E-state index contributed by atoms with van der Waals surface area (Å²) in [6, 6.07) is 17.0. The smallest absolute Gasteiger partial charge is 0.180 e. The van der Waals surface area contributed by atoms with Gasteiger partial charge in [0.25, 0.3) is 0 Å². The monoisotopic (exact) mass is 311 g/mol. The molecule has 3 aromatic rings. The molecule has 110 valence electrons. The summed E-state index contributed by atoms with van der Waals surface area (Å²) in [4.78, 5) is 0. The van der Waals surface area contributed by atoms with E-state index in [9.17, 15) is 0 Å². The largest absolute Gasteiger partial charge is 0.336 e. The number of H-pyrrole nitrogens is 1. The molecular formula is C16H14ClN5. The molecule has 0 bridgehead atoms. The van der Waals surface area contributed by atoms with Crippen molar-refractivity contribution in [2.45, 2.75) is 6.92 Å². The van der Waals surface area contributed by atoms with E-state index in [2.05, 4.69) is 25.7 Å². The predicted molar refractivity (Wildman–Crippen MR) is 88.7 cm³/mol. The first-order valence-electron chi connectivity index (χ1n) is 6.77. The predicted octanol–water partition coefficient (Wildman–Crippen LogP) is 5.53. The zero-order valence-electron chi connectivity index (χ0n) is 11.9. The number of para-hydroxylation sites is 1. The van der Waals surface area contributed by atoms with Crippen molar-refractivity contribution in [2.24, 2.45) is 10.2 Å². The fourth-order valence-electron chi connectivity index (χ4n) is 1.93. The van der Waals surface area contributed by atoms with E-state index in [1.165, 1.54) is 0 Å². The van der Waals surface area contributed by atoms with Crippen LogP contribution in [0.15, 0.2) is 64.8 Å². The van der Waals surface area contributed by atoms with Crippen molar-refractivity contribution in [3.8, 4) is 0 Å². The Kier molecular flexibility index (Phi) is 4.16. The standard InChI is InChI=1S/C16H14ClN5/c1-11-15(21-20-12-7-3-2-4-8-12)16(22-19-11)18-14-10-6-5-9-13(14)17/h2-10H,1H3,(H2,18,19,22). The van der Waals surface area contributed by atoms with Gasteiger partial charge in [-0.2, -0.15) is 10.2 Å². The summed E-state index contributed by atoms with van der Waals surface area (Å²) in [6.45, 7) is 1.89. The number of aromatic amines is 1.